The van der Waals surface area contributed by atoms with Crippen LogP contribution in [0.15, 0.2) is 18.2 Å². The van der Waals surface area contributed by atoms with Gasteiger partial charge in [-0.3, -0.25) is 0 Å². The fraction of sp³-hybridized carbons (Fsp3) is 0.500. The van der Waals surface area contributed by atoms with Crippen LogP contribution in [0.3, 0.4) is 0 Å². The molecule has 0 radical (unpaired) electrons. The summed E-state index contributed by atoms with van der Waals surface area (Å²) in [5, 5.41) is 3.45. The first-order valence-electron chi connectivity index (χ1n) is 5.43. The number of nitrogens with one attached hydrogen (secondary N) is 1. The second-order valence-corrected chi connectivity index (χ2v) is 4.75. The number of rotatable bonds is 2. The van der Waals surface area contributed by atoms with Gasteiger partial charge < -0.3 is 5.32 Å². The molecule has 1 aliphatic rings. The van der Waals surface area contributed by atoms with Crippen LogP contribution in [-0.2, 0) is 6.42 Å². The number of hydrogen-bond donors (Lipinski definition) is 1. The molecular weight excluding hydrogens is 232 g/mol. The maximum atomic E-state index is 14.3. The van der Waals surface area contributed by atoms with Crippen LogP contribution in [0.4, 0.5) is 8.78 Å². The van der Waals surface area contributed by atoms with Crippen LogP contribution in [-0.4, -0.2) is 18.8 Å². The zero-order valence-corrected chi connectivity index (χ0v) is 9.66. The predicted octanol–water partition coefficient (Wildman–Crippen LogP) is 3.11. The lowest BCUT2D eigenvalue weighted by molar-refractivity contribution is 0.122. The topological polar surface area (TPSA) is 12.0 Å². The average Bonchev–Trinajstić information content (AvgIpc) is 2.24. The van der Waals surface area contributed by atoms with Crippen LogP contribution >= 0.6 is 11.6 Å². The second kappa shape index (κ2) is 4.68. The highest BCUT2D eigenvalue weighted by Crippen LogP contribution is 2.29. The molecule has 16 heavy (non-hydrogen) atoms. The molecule has 2 rings (SSSR count). The van der Waals surface area contributed by atoms with Crippen LogP contribution < -0.4 is 5.32 Å². The molecule has 1 N–H and O–H groups in total. The van der Waals surface area contributed by atoms with E-state index in [1.807, 2.05) is 0 Å². The smallest absolute Gasteiger partial charge is 0.127 e. The summed E-state index contributed by atoms with van der Waals surface area (Å²) in [7, 11) is 0. The third-order valence-electron chi connectivity index (χ3n) is 2.94. The lowest BCUT2D eigenvalue weighted by atomic mass is 9.89. The monoisotopic (exact) mass is 245 g/mol. The third kappa shape index (κ3) is 2.71. The molecule has 1 saturated heterocycles. The SMILES string of the molecule is Fc1ccc(Cl)c(CC2(F)CCCNC2)c1. The van der Waals surface area contributed by atoms with Crippen molar-refractivity contribution in [3.8, 4) is 0 Å². The van der Waals surface area contributed by atoms with Crippen LogP contribution in [0, 0.1) is 5.82 Å². The summed E-state index contributed by atoms with van der Waals surface area (Å²) in [4.78, 5) is 0. The highest BCUT2D eigenvalue weighted by atomic mass is 35.5. The van der Waals surface area contributed by atoms with Gasteiger partial charge in [0.1, 0.15) is 11.5 Å². The maximum absolute atomic E-state index is 14.3. The van der Waals surface area contributed by atoms with E-state index in [-0.39, 0.29) is 12.2 Å². The van der Waals surface area contributed by atoms with Gasteiger partial charge >= 0.3 is 0 Å². The fourth-order valence-corrected chi connectivity index (χ4v) is 2.29. The van der Waals surface area contributed by atoms with Gasteiger partial charge in [-0.15, -0.1) is 0 Å². The van der Waals surface area contributed by atoms with Crippen molar-refractivity contribution in [2.75, 3.05) is 13.1 Å². The van der Waals surface area contributed by atoms with Crippen LogP contribution in [0.5, 0.6) is 0 Å². The zero-order chi connectivity index (χ0) is 11.6. The van der Waals surface area contributed by atoms with Crippen LogP contribution in [0.1, 0.15) is 18.4 Å². The largest absolute Gasteiger partial charge is 0.314 e. The number of alkyl halides is 1. The van der Waals surface area contributed by atoms with E-state index in [1.165, 1.54) is 18.2 Å². The normalized spacial score (nSPS) is 25.7. The van der Waals surface area contributed by atoms with E-state index in [2.05, 4.69) is 5.32 Å². The van der Waals surface area contributed by atoms with Crippen molar-refractivity contribution in [1.82, 2.24) is 5.32 Å². The highest BCUT2D eigenvalue weighted by Gasteiger charge is 2.32. The van der Waals surface area contributed by atoms with Crippen molar-refractivity contribution in [3.05, 3.63) is 34.6 Å². The van der Waals surface area contributed by atoms with E-state index in [0.717, 1.165) is 13.0 Å². The quantitative estimate of drug-likeness (QED) is 0.844. The molecule has 4 heteroatoms. The zero-order valence-electron chi connectivity index (χ0n) is 8.90. The minimum atomic E-state index is -1.30. The van der Waals surface area contributed by atoms with Gasteiger partial charge in [0.15, 0.2) is 0 Å². The lowest BCUT2D eigenvalue weighted by Crippen LogP contribution is -2.43. The molecule has 0 amide bonds. The summed E-state index contributed by atoms with van der Waals surface area (Å²) in [6.07, 6.45) is 1.49. The molecular formula is C12H14ClF2N. The molecule has 88 valence electrons. The Labute approximate surface area is 98.8 Å². The molecule has 1 aromatic carbocycles. The summed E-state index contributed by atoms with van der Waals surface area (Å²) < 4.78 is 27.4. The second-order valence-electron chi connectivity index (χ2n) is 4.34. The minimum Gasteiger partial charge on any atom is -0.314 e. The summed E-state index contributed by atoms with van der Waals surface area (Å²) in [6, 6.07) is 4.08. The number of benzene rings is 1. The van der Waals surface area contributed by atoms with Crippen LogP contribution in [0.25, 0.3) is 0 Å². The van der Waals surface area contributed by atoms with Crippen molar-refractivity contribution in [2.24, 2.45) is 0 Å². The molecule has 1 fully saturated rings. The van der Waals surface area contributed by atoms with Crippen LogP contribution in [0.2, 0.25) is 5.02 Å². The van der Waals surface area contributed by atoms with Gasteiger partial charge in [0.2, 0.25) is 0 Å². The Morgan fingerprint density at radius 3 is 2.94 bits per heavy atom. The number of piperidine rings is 1. The molecule has 1 aliphatic heterocycles. The third-order valence-corrected chi connectivity index (χ3v) is 3.30. The highest BCUT2D eigenvalue weighted by molar-refractivity contribution is 6.31. The van der Waals surface area contributed by atoms with Gasteiger partial charge in [-0.1, -0.05) is 11.6 Å². The van der Waals surface area contributed by atoms with E-state index >= 15 is 0 Å². The van der Waals surface area contributed by atoms with Gasteiger partial charge in [-0.25, -0.2) is 8.78 Å². The van der Waals surface area contributed by atoms with Gasteiger partial charge in [0.05, 0.1) is 0 Å². The summed E-state index contributed by atoms with van der Waals surface area (Å²) in [6.45, 7) is 1.17. The lowest BCUT2D eigenvalue weighted by Gasteiger charge is -2.30. The predicted molar refractivity (Wildman–Crippen MR) is 61.1 cm³/mol. The van der Waals surface area contributed by atoms with Crippen molar-refractivity contribution in [1.29, 1.82) is 0 Å². The Morgan fingerprint density at radius 2 is 2.25 bits per heavy atom. The van der Waals surface area contributed by atoms with Crippen molar-refractivity contribution in [2.45, 2.75) is 24.9 Å². The molecule has 1 aromatic rings. The maximum Gasteiger partial charge on any atom is 0.127 e. The molecule has 1 heterocycles. The average molecular weight is 246 g/mol. The molecule has 0 spiro atoms. The van der Waals surface area contributed by atoms with E-state index in [9.17, 15) is 8.78 Å². The van der Waals surface area contributed by atoms with Crippen molar-refractivity contribution < 1.29 is 8.78 Å². The Hall–Kier alpha value is -0.670. The molecule has 1 unspecified atom stereocenters. The Balaban J connectivity index is 2.15. The van der Waals surface area contributed by atoms with E-state index < -0.39 is 5.67 Å². The fourth-order valence-electron chi connectivity index (χ4n) is 2.10. The van der Waals surface area contributed by atoms with E-state index in [0.29, 0.717) is 23.6 Å². The van der Waals surface area contributed by atoms with E-state index in [4.69, 9.17) is 11.6 Å². The Kier molecular flexibility index (Phi) is 3.45. The standard InChI is InChI=1S/C12H14ClF2N/c13-11-3-2-10(14)6-9(11)7-12(15)4-1-5-16-8-12/h2-3,6,16H,1,4-5,7-8H2. The summed E-state index contributed by atoms with van der Waals surface area (Å²) >= 11 is 5.92. The molecule has 1 atom stereocenters. The molecule has 0 aliphatic carbocycles. The Morgan fingerprint density at radius 1 is 1.44 bits per heavy atom. The van der Waals surface area contributed by atoms with Crippen molar-refractivity contribution >= 4 is 11.6 Å². The van der Waals surface area contributed by atoms with Gasteiger partial charge in [0, 0.05) is 18.0 Å². The molecule has 1 nitrogen and oxygen atoms in total. The van der Waals surface area contributed by atoms with Gasteiger partial charge in [0.25, 0.3) is 0 Å². The molecule has 0 aromatic heterocycles. The van der Waals surface area contributed by atoms with E-state index in [1.54, 1.807) is 0 Å². The Bertz CT molecular complexity index is 375. The molecule has 0 saturated carbocycles. The van der Waals surface area contributed by atoms with Crippen molar-refractivity contribution in [3.63, 3.8) is 0 Å². The van der Waals surface area contributed by atoms with Gasteiger partial charge in [-0.05, 0) is 43.1 Å². The number of halogens is 3. The number of hydrogen-bond acceptors (Lipinski definition) is 1. The molecule has 0 bridgehead atoms. The first-order valence-corrected chi connectivity index (χ1v) is 5.80. The van der Waals surface area contributed by atoms with Gasteiger partial charge in [-0.2, -0.15) is 0 Å². The first-order chi connectivity index (χ1) is 7.59. The summed E-state index contributed by atoms with van der Waals surface area (Å²) in [5.41, 5.74) is -0.747. The summed E-state index contributed by atoms with van der Waals surface area (Å²) in [5.74, 6) is -0.369. The minimum absolute atomic E-state index is 0.177. The first kappa shape index (κ1) is 11.8.